The average molecular weight is 352 g/mol. The summed E-state index contributed by atoms with van der Waals surface area (Å²) in [6.07, 6.45) is 2.82. The van der Waals surface area contributed by atoms with E-state index < -0.39 is 17.9 Å². The molecule has 0 aromatic rings. The SMILES string of the molecule is CN1CCN([C@@H]2CCCC[C@@H]2NC(=O)ON2C(=O)CCC2=O)C(=O)C1. The van der Waals surface area contributed by atoms with E-state index >= 15 is 0 Å². The van der Waals surface area contributed by atoms with Gasteiger partial charge in [0.15, 0.2) is 0 Å². The lowest BCUT2D eigenvalue weighted by Crippen LogP contribution is -2.60. The van der Waals surface area contributed by atoms with Crippen molar-refractivity contribution in [2.75, 3.05) is 26.7 Å². The van der Waals surface area contributed by atoms with E-state index in [1.807, 2.05) is 16.8 Å². The van der Waals surface area contributed by atoms with Crippen LogP contribution in [-0.2, 0) is 19.2 Å². The van der Waals surface area contributed by atoms with Gasteiger partial charge in [0.25, 0.3) is 11.8 Å². The molecule has 0 aromatic heterocycles. The highest BCUT2D eigenvalue weighted by atomic mass is 16.7. The van der Waals surface area contributed by atoms with Crippen LogP contribution in [0.5, 0.6) is 0 Å². The summed E-state index contributed by atoms with van der Waals surface area (Å²) in [5.74, 6) is -0.949. The fourth-order valence-corrected chi connectivity index (χ4v) is 3.73. The van der Waals surface area contributed by atoms with E-state index in [4.69, 9.17) is 4.84 Å². The molecule has 0 aromatic carbocycles. The summed E-state index contributed by atoms with van der Waals surface area (Å²) in [6, 6.07) is -0.311. The van der Waals surface area contributed by atoms with E-state index in [0.717, 1.165) is 32.2 Å². The lowest BCUT2D eigenvalue weighted by molar-refractivity contribution is -0.171. The second-order valence-corrected chi connectivity index (χ2v) is 6.89. The number of carbonyl (C=O) groups excluding carboxylic acids is 4. The zero-order chi connectivity index (χ0) is 18.0. The fraction of sp³-hybridized carbons (Fsp3) is 0.750. The number of rotatable bonds is 3. The number of hydroxylamine groups is 2. The van der Waals surface area contributed by atoms with Gasteiger partial charge in [0.2, 0.25) is 5.91 Å². The number of imide groups is 1. The Hall–Kier alpha value is -2.16. The third-order valence-electron chi connectivity index (χ3n) is 5.06. The second-order valence-electron chi connectivity index (χ2n) is 6.89. The van der Waals surface area contributed by atoms with Crippen LogP contribution in [0.15, 0.2) is 0 Å². The molecule has 9 nitrogen and oxygen atoms in total. The van der Waals surface area contributed by atoms with Crippen LogP contribution in [-0.4, -0.2) is 77.4 Å². The van der Waals surface area contributed by atoms with Crippen molar-refractivity contribution < 1.29 is 24.0 Å². The van der Waals surface area contributed by atoms with Crippen molar-refractivity contribution in [3.63, 3.8) is 0 Å². The first kappa shape index (κ1) is 17.7. The number of carbonyl (C=O) groups is 4. The first-order valence-electron chi connectivity index (χ1n) is 8.78. The predicted octanol–water partition coefficient (Wildman–Crippen LogP) is -0.138. The smallest absolute Gasteiger partial charge is 0.335 e. The van der Waals surface area contributed by atoms with Crippen molar-refractivity contribution >= 4 is 23.8 Å². The van der Waals surface area contributed by atoms with E-state index in [2.05, 4.69) is 5.32 Å². The van der Waals surface area contributed by atoms with Gasteiger partial charge in [-0.3, -0.25) is 19.3 Å². The van der Waals surface area contributed by atoms with Crippen LogP contribution in [0, 0.1) is 0 Å². The van der Waals surface area contributed by atoms with Crippen LogP contribution < -0.4 is 5.32 Å². The third-order valence-corrected chi connectivity index (χ3v) is 5.06. The molecule has 2 aliphatic heterocycles. The van der Waals surface area contributed by atoms with Gasteiger partial charge >= 0.3 is 6.09 Å². The van der Waals surface area contributed by atoms with Crippen molar-refractivity contribution in [2.24, 2.45) is 0 Å². The molecule has 4 amide bonds. The van der Waals surface area contributed by atoms with Crippen LogP contribution in [0.1, 0.15) is 38.5 Å². The molecule has 3 rings (SSSR count). The quantitative estimate of drug-likeness (QED) is 0.710. The maximum atomic E-state index is 12.3. The van der Waals surface area contributed by atoms with Crippen LogP contribution in [0.25, 0.3) is 0 Å². The molecule has 2 atom stereocenters. The maximum absolute atomic E-state index is 12.3. The number of likely N-dealkylation sites (N-methyl/N-ethyl adjacent to an activating group) is 1. The number of amides is 4. The van der Waals surface area contributed by atoms with Gasteiger partial charge in [0.1, 0.15) is 0 Å². The lowest BCUT2D eigenvalue weighted by atomic mass is 9.88. The monoisotopic (exact) mass is 352 g/mol. The fourth-order valence-electron chi connectivity index (χ4n) is 3.73. The zero-order valence-electron chi connectivity index (χ0n) is 14.4. The van der Waals surface area contributed by atoms with Gasteiger partial charge in [-0.2, -0.15) is 0 Å². The molecule has 0 unspecified atom stereocenters. The molecule has 2 heterocycles. The Bertz CT molecular complexity index is 565. The topological polar surface area (TPSA) is 99.3 Å². The van der Waals surface area contributed by atoms with Gasteiger partial charge in [-0.15, -0.1) is 5.06 Å². The van der Waals surface area contributed by atoms with E-state index in [1.165, 1.54) is 0 Å². The molecule has 1 saturated carbocycles. The molecule has 138 valence electrons. The molecule has 0 bridgehead atoms. The largest absolute Gasteiger partial charge is 0.432 e. The Morgan fingerprint density at radius 2 is 1.72 bits per heavy atom. The highest BCUT2D eigenvalue weighted by Gasteiger charge is 2.38. The standard InChI is InChI=1S/C16H24N4O5/c1-18-8-9-19(15(23)10-18)12-5-3-2-4-11(12)17-16(24)25-20-13(21)6-7-14(20)22/h11-12H,2-10H2,1H3,(H,17,24)/t11-,12+/m0/s1. The number of nitrogens with zero attached hydrogens (tertiary/aromatic N) is 3. The number of hydrogen-bond acceptors (Lipinski definition) is 6. The molecule has 0 radical (unpaired) electrons. The summed E-state index contributed by atoms with van der Waals surface area (Å²) >= 11 is 0. The Morgan fingerprint density at radius 3 is 2.40 bits per heavy atom. The molecule has 9 heteroatoms. The van der Waals surface area contributed by atoms with E-state index in [9.17, 15) is 19.2 Å². The zero-order valence-corrected chi connectivity index (χ0v) is 14.4. The van der Waals surface area contributed by atoms with Crippen molar-refractivity contribution in [3.05, 3.63) is 0 Å². The van der Waals surface area contributed by atoms with Gasteiger partial charge < -0.3 is 15.1 Å². The van der Waals surface area contributed by atoms with Gasteiger partial charge in [0, 0.05) is 25.9 Å². The summed E-state index contributed by atoms with van der Waals surface area (Å²) < 4.78 is 0. The van der Waals surface area contributed by atoms with Gasteiger partial charge in [0.05, 0.1) is 18.6 Å². The third kappa shape index (κ3) is 3.92. The Labute approximate surface area is 146 Å². The first-order valence-corrected chi connectivity index (χ1v) is 8.78. The van der Waals surface area contributed by atoms with Crippen LogP contribution in [0.4, 0.5) is 4.79 Å². The summed E-state index contributed by atoms with van der Waals surface area (Å²) in [4.78, 5) is 56.3. The molecule has 1 aliphatic carbocycles. The second kappa shape index (κ2) is 7.38. The Morgan fingerprint density at radius 1 is 1.04 bits per heavy atom. The molecule has 0 spiro atoms. The summed E-state index contributed by atoms with van der Waals surface area (Å²) in [5, 5.41) is 3.29. The first-order chi connectivity index (χ1) is 12.0. The average Bonchev–Trinajstić information content (AvgIpc) is 2.88. The van der Waals surface area contributed by atoms with Gasteiger partial charge in [-0.1, -0.05) is 12.8 Å². The van der Waals surface area contributed by atoms with Crippen molar-refractivity contribution in [1.82, 2.24) is 20.2 Å². The van der Waals surface area contributed by atoms with Crippen LogP contribution in [0.2, 0.25) is 0 Å². The summed E-state index contributed by atoms with van der Waals surface area (Å²) in [5.41, 5.74) is 0. The molecule has 3 fully saturated rings. The summed E-state index contributed by atoms with van der Waals surface area (Å²) in [7, 11) is 1.91. The molecule has 1 N–H and O–H groups in total. The highest BCUT2D eigenvalue weighted by Crippen LogP contribution is 2.25. The summed E-state index contributed by atoms with van der Waals surface area (Å²) in [6.45, 7) is 1.82. The lowest BCUT2D eigenvalue weighted by Gasteiger charge is -2.43. The Balaban J connectivity index is 1.61. The van der Waals surface area contributed by atoms with Crippen molar-refractivity contribution in [3.8, 4) is 0 Å². The van der Waals surface area contributed by atoms with E-state index in [0.29, 0.717) is 18.2 Å². The minimum absolute atomic E-state index is 0.0608. The molecular weight excluding hydrogens is 328 g/mol. The highest BCUT2D eigenvalue weighted by molar-refractivity contribution is 6.01. The van der Waals surface area contributed by atoms with Gasteiger partial charge in [-0.05, 0) is 19.9 Å². The molecule has 3 aliphatic rings. The number of hydrogen-bond donors (Lipinski definition) is 1. The molecular formula is C16H24N4O5. The van der Waals surface area contributed by atoms with Crippen LogP contribution >= 0.6 is 0 Å². The normalized spacial score (nSPS) is 28.4. The Kier molecular flexibility index (Phi) is 5.22. The predicted molar refractivity (Wildman–Crippen MR) is 86.0 cm³/mol. The van der Waals surface area contributed by atoms with Crippen molar-refractivity contribution in [2.45, 2.75) is 50.6 Å². The minimum Gasteiger partial charge on any atom is -0.335 e. The van der Waals surface area contributed by atoms with Crippen molar-refractivity contribution in [1.29, 1.82) is 0 Å². The minimum atomic E-state index is -0.818. The number of piperazine rings is 1. The molecule has 25 heavy (non-hydrogen) atoms. The maximum Gasteiger partial charge on any atom is 0.432 e. The number of nitrogens with one attached hydrogen (secondary N) is 1. The molecule has 2 saturated heterocycles. The van der Waals surface area contributed by atoms with E-state index in [1.54, 1.807) is 0 Å². The van der Waals surface area contributed by atoms with Gasteiger partial charge in [-0.25, -0.2) is 4.79 Å². The van der Waals surface area contributed by atoms with Crippen LogP contribution in [0.3, 0.4) is 0 Å². The van der Waals surface area contributed by atoms with E-state index in [-0.39, 0.29) is 30.8 Å².